The van der Waals surface area contributed by atoms with Crippen molar-refractivity contribution in [3.63, 3.8) is 0 Å². The van der Waals surface area contributed by atoms with Crippen molar-refractivity contribution >= 4 is 5.69 Å². The summed E-state index contributed by atoms with van der Waals surface area (Å²) in [7, 11) is 0. The Balaban J connectivity index is 2.77. The van der Waals surface area contributed by atoms with Gasteiger partial charge in [0.05, 0.1) is 12.2 Å². The molecule has 67 valence electrons. The molecular formula is C12H14N. The molecule has 0 fully saturated rings. The number of benzene rings is 1. The van der Waals surface area contributed by atoms with Crippen molar-refractivity contribution in [3.8, 4) is 0 Å². The Morgan fingerprint density at radius 2 is 1.92 bits per heavy atom. The molecule has 0 amide bonds. The second-order valence-corrected chi connectivity index (χ2v) is 2.75. The summed E-state index contributed by atoms with van der Waals surface area (Å²) in [4.78, 5) is 0. The Bertz CT molecular complexity index is 289. The van der Waals surface area contributed by atoms with Gasteiger partial charge in [-0.05, 0) is 18.1 Å². The minimum Gasteiger partial charge on any atom is -0.281 e. The summed E-state index contributed by atoms with van der Waals surface area (Å²) < 4.78 is 0. The van der Waals surface area contributed by atoms with E-state index in [1.54, 1.807) is 6.08 Å². The molecule has 0 saturated carbocycles. The van der Waals surface area contributed by atoms with Gasteiger partial charge in [-0.2, -0.15) is 0 Å². The molecular weight excluding hydrogens is 158 g/mol. The molecule has 0 spiro atoms. The number of hydrogen-bond acceptors (Lipinski definition) is 0. The van der Waals surface area contributed by atoms with Crippen molar-refractivity contribution in [1.82, 2.24) is 5.32 Å². The molecule has 0 saturated heterocycles. The maximum absolute atomic E-state index is 4.38. The Hall–Kier alpha value is -1.50. The highest BCUT2D eigenvalue weighted by molar-refractivity contribution is 5.45. The SMILES string of the molecule is C=CC[N]c1ccccc1CC=C. The third kappa shape index (κ3) is 2.79. The van der Waals surface area contributed by atoms with E-state index in [4.69, 9.17) is 0 Å². The Morgan fingerprint density at radius 1 is 1.15 bits per heavy atom. The van der Waals surface area contributed by atoms with Crippen LogP contribution in [0.3, 0.4) is 0 Å². The zero-order valence-corrected chi connectivity index (χ0v) is 7.74. The summed E-state index contributed by atoms with van der Waals surface area (Å²) in [6.45, 7) is 8.03. The molecule has 0 aromatic heterocycles. The standard InChI is InChI=1S/C12H14N/c1-3-7-11-8-5-6-9-12(11)13-10-4-2/h3-6,8-9H,1-2,7,10H2. The molecule has 0 heterocycles. The van der Waals surface area contributed by atoms with Crippen LogP contribution in [0.2, 0.25) is 0 Å². The lowest BCUT2D eigenvalue weighted by molar-refractivity contribution is 0.961. The molecule has 0 N–H and O–H groups in total. The van der Waals surface area contributed by atoms with E-state index < -0.39 is 0 Å². The first kappa shape index (κ1) is 9.59. The number of allylic oxidation sites excluding steroid dienone is 1. The molecule has 0 unspecified atom stereocenters. The molecule has 0 aliphatic heterocycles. The van der Waals surface area contributed by atoms with E-state index in [1.165, 1.54) is 5.56 Å². The first-order valence-corrected chi connectivity index (χ1v) is 4.35. The van der Waals surface area contributed by atoms with Crippen molar-refractivity contribution in [2.75, 3.05) is 6.54 Å². The van der Waals surface area contributed by atoms with E-state index >= 15 is 0 Å². The highest BCUT2D eigenvalue weighted by Gasteiger charge is 1.98. The first-order chi connectivity index (χ1) is 6.38. The van der Waals surface area contributed by atoms with Gasteiger partial charge >= 0.3 is 0 Å². The predicted octanol–water partition coefficient (Wildman–Crippen LogP) is 2.84. The molecule has 0 aliphatic rings. The Morgan fingerprint density at radius 3 is 2.62 bits per heavy atom. The number of rotatable bonds is 5. The minimum atomic E-state index is 0.675. The van der Waals surface area contributed by atoms with Gasteiger partial charge in [-0.3, -0.25) is 5.32 Å². The summed E-state index contributed by atoms with van der Waals surface area (Å²) in [5.74, 6) is 0. The average molecular weight is 172 g/mol. The molecule has 1 heteroatoms. The maximum atomic E-state index is 4.38. The van der Waals surface area contributed by atoms with Gasteiger partial charge in [0.1, 0.15) is 0 Å². The molecule has 1 aromatic carbocycles. The molecule has 0 aliphatic carbocycles. The minimum absolute atomic E-state index is 0.675. The largest absolute Gasteiger partial charge is 0.281 e. The van der Waals surface area contributed by atoms with E-state index in [2.05, 4.69) is 24.5 Å². The van der Waals surface area contributed by atoms with E-state index in [1.807, 2.05) is 24.3 Å². The van der Waals surface area contributed by atoms with Crippen molar-refractivity contribution in [1.29, 1.82) is 0 Å². The second kappa shape index (κ2) is 5.20. The summed E-state index contributed by atoms with van der Waals surface area (Å²) in [6.07, 6.45) is 4.56. The van der Waals surface area contributed by atoms with E-state index in [-0.39, 0.29) is 0 Å². The lowest BCUT2D eigenvalue weighted by atomic mass is 10.1. The highest BCUT2D eigenvalue weighted by Crippen LogP contribution is 2.15. The van der Waals surface area contributed by atoms with Gasteiger partial charge < -0.3 is 0 Å². The van der Waals surface area contributed by atoms with Crippen molar-refractivity contribution in [3.05, 3.63) is 55.1 Å². The summed E-state index contributed by atoms with van der Waals surface area (Å²) in [6, 6.07) is 8.10. The van der Waals surface area contributed by atoms with Crippen LogP contribution >= 0.6 is 0 Å². The van der Waals surface area contributed by atoms with Gasteiger partial charge in [-0.15, -0.1) is 13.2 Å². The van der Waals surface area contributed by atoms with Crippen LogP contribution in [-0.4, -0.2) is 6.54 Å². The second-order valence-electron chi connectivity index (χ2n) is 2.75. The van der Waals surface area contributed by atoms with Crippen LogP contribution in [0.1, 0.15) is 5.56 Å². The van der Waals surface area contributed by atoms with Crippen LogP contribution < -0.4 is 5.32 Å². The molecule has 13 heavy (non-hydrogen) atoms. The van der Waals surface area contributed by atoms with Crippen LogP contribution in [0.5, 0.6) is 0 Å². The molecule has 0 atom stereocenters. The van der Waals surface area contributed by atoms with Crippen LogP contribution in [-0.2, 0) is 6.42 Å². The topological polar surface area (TPSA) is 14.1 Å². The molecule has 1 radical (unpaired) electrons. The monoisotopic (exact) mass is 172 g/mol. The number of nitrogens with zero attached hydrogens (tertiary/aromatic N) is 1. The van der Waals surface area contributed by atoms with Gasteiger partial charge in [0.25, 0.3) is 0 Å². The Labute approximate surface area is 79.8 Å². The average Bonchev–Trinajstić information content (AvgIpc) is 2.17. The number of hydrogen-bond donors (Lipinski definition) is 0. The van der Waals surface area contributed by atoms with E-state index in [0.717, 1.165) is 12.1 Å². The summed E-state index contributed by atoms with van der Waals surface area (Å²) in [5.41, 5.74) is 2.27. The first-order valence-electron chi connectivity index (χ1n) is 4.35. The van der Waals surface area contributed by atoms with Gasteiger partial charge in [0.2, 0.25) is 0 Å². The van der Waals surface area contributed by atoms with Gasteiger partial charge in [-0.1, -0.05) is 30.4 Å². The fraction of sp³-hybridized carbons (Fsp3) is 0.167. The zero-order valence-electron chi connectivity index (χ0n) is 7.74. The van der Waals surface area contributed by atoms with Crippen LogP contribution in [0.25, 0.3) is 0 Å². The predicted molar refractivity (Wildman–Crippen MR) is 57.2 cm³/mol. The van der Waals surface area contributed by atoms with Crippen LogP contribution in [0, 0.1) is 0 Å². The maximum Gasteiger partial charge on any atom is 0.0613 e. The molecule has 1 rings (SSSR count). The van der Waals surface area contributed by atoms with Gasteiger partial charge in [-0.25, -0.2) is 0 Å². The quantitative estimate of drug-likeness (QED) is 0.606. The van der Waals surface area contributed by atoms with Gasteiger partial charge in [0.15, 0.2) is 0 Å². The highest BCUT2D eigenvalue weighted by atomic mass is 14.9. The van der Waals surface area contributed by atoms with Crippen molar-refractivity contribution < 1.29 is 0 Å². The smallest absolute Gasteiger partial charge is 0.0613 e. The fourth-order valence-electron chi connectivity index (χ4n) is 1.16. The van der Waals surface area contributed by atoms with E-state index in [0.29, 0.717) is 6.54 Å². The van der Waals surface area contributed by atoms with E-state index in [9.17, 15) is 0 Å². The lowest BCUT2D eigenvalue weighted by Crippen LogP contribution is -1.99. The molecule has 1 aromatic rings. The van der Waals surface area contributed by atoms with Crippen LogP contribution in [0.15, 0.2) is 49.6 Å². The fourth-order valence-corrected chi connectivity index (χ4v) is 1.16. The number of para-hydroxylation sites is 1. The molecule has 0 bridgehead atoms. The van der Waals surface area contributed by atoms with Crippen LogP contribution in [0.4, 0.5) is 5.69 Å². The Kier molecular flexibility index (Phi) is 3.83. The zero-order chi connectivity index (χ0) is 9.52. The van der Waals surface area contributed by atoms with Gasteiger partial charge in [0, 0.05) is 0 Å². The summed E-state index contributed by atoms with van der Waals surface area (Å²) >= 11 is 0. The normalized spacial score (nSPS) is 9.23. The summed E-state index contributed by atoms with van der Waals surface area (Å²) in [5, 5.41) is 4.38. The molecule has 1 nitrogen and oxygen atoms in total. The lowest BCUT2D eigenvalue weighted by Gasteiger charge is -2.05. The van der Waals surface area contributed by atoms with Crippen molar-refractivity contribution in [2.24, 2.45) is 0 Å². The van der Waals surface area contributed by atoms with Crippen molar-refractivity contribution in [2.45, 2.75) is 6.42 Å². The third-order valence-electron chi connectivity index (χ3n) is 1.75. The third-order valence-corrected chi connectivity index (χ3v) is 1.75.